The number of benzene rings is 1. The Morgan fingerprint density at radius 2 is 1.80 bits per heavy atom. The molecule has 5 nitrogen and oxygen atoms in total. The maximum atomic E-state index is 12.4. The molecular formula is C18H19NO4S2. The monoisotopic (exact) mass is 377 g/mol. The van der Waals surface area contributed by atoms with Gasteiger partial charge in [-0.2, -0.15) is 0 Å². The number of aryl methyl sites for hydroxylation is 1. The van der Waals surface area contributed by atoms with Crippen LogP contribution in [0.1, 0.15) is 13.8 Å². The first kappa shape index (κ1) is 17.7. The second kappa shape index (κ2) is 6.65. The molecule has 0 saturated heterocycles. The molecule has 1 aromatic carbocycles. The molecule has 2 heterocycles. The third-order valence-corrected chi connectivity index (χ3v) is 7.36. The topological polar surface area (TPSA) is 65.4 Å². The first-order valence-electron chi connectivity index (χ1n) is 7.97. The number of thiophene rings is 1. The molecule has 132 valence electrons. The molecule has 25 heavy (non-hydrogen) atoms. The Kier molecular flexibility index (Phi) is 4.71. The van der Waals surface area contributed by atoms with Gasteiger partial charge in [0.25, 0.3) is 5.56 Å². The van der Waals surface area contributed by atoms with Gasteiger partial charge in [-0.15, -0.1) is 0 Å². The summed E-state index contributed by atoms with van der Waals surface area (Å²) in [5.74, 6) is 0.0343. The summed E-state index contributed by atoms with van der Waals surface area (Å²) in [5.41, 5.74) is 1.40. The molecule has 0 aliphatic carbocycles. The van der Waals surface area contributed by atoms with Crippen molar-refractivity contribution in [3.63, 3.8) is 0 Å². The molecule has 0 radical (unpaired) electrons. The van der Waals surface area contributed by atoms with Crippen LogP contribution in [0.4, 0.5) is 0 Å². The van der Waals surface area contributed by atoms with Gasteiger partial charge in [0.2, 0.25) is 0 Å². The van der Waals surface area contributed by atoms with Crippen LogP contribution in [0.3, 0.4) is 0 Å². The molecule has 0 spiro atoms. The van der Waals surface area contributed by atoms with Crippen molar-refractivity contribution in [2.75, 3.05) is 12.4 Å². The molecule has 2 aromatic heterocycles. The Morgan fingerprint density at radius 1 is 1.12 bits per heavy atom. The minimum atomic E-state index is -3.33. The number of nitrogens with zero attached hydrogens (tertiary/aromatic N) is 1. The second-order valence-electron chi connectivity index (χ2n) is 5.61. The molecule has 0 unspecified atom stereocenters. The van der Waals surface area contributed by atoms with Gasteiger partial charge >= 0.3 is 0 Å². The van der Waals surface area contributed by atoms with Crippen LogP contribution >= 0.6 is 11.3 Å². The van der Waals surface area contributed by atoms with Crippen LogP contribution in [0.25, 0.3) is 21.9 Å². The van der Waals surface area contributed by atoms with Gasteiger partial charge in [-0.1, -0.05) is 36.5 Å². The van der Waals surface area contributed by atoms with E-state index in [-0.39, 0.29) is 15.5 Å². The molecule has 0 saturated carbocycles. The van der Waals surface area contributed by atoms with E-state index in [9.17, 15) is 13.2 Å². The maximum absolute atomic E-state index is 12.4. The van der Waals surface area contributed by atoms with Crippen molar-refractivity contribution < 1.29 is 13.2 Å². The normalized spacial score (nSPS) is 11.8. The molecular weight excluding hydrogens is 358 g/mol. The third-order valence-electron chi connectivity index (χ3n) is 4.02. The summed E-state index contributed by atoms with van der Waals surface area (Å²) in [6.45, 7) is 3.91. The number of sulfone groups is 1. The number of rotatable bonds is 5. The minimum Gasteiger partial charge on any atom is -0.484 e. The molecule has 0 aliphatic rings. The summed E-state index contributed by atoms with van der Waals surface area (Å²) in [6.07, 6.45) is 1.73. The first-order valence-corrected chi connectivity index (χ1v) is 10.4. The predicted molar refractivity (Wildman–Crippen MR) is 101 cm³/mol. The fraction of sp³-hybridized carbons (Fsp3) is 0.278. The first-order chi connectivity index (χ1) is 11.9. The smallest absolute Gasteiger partial charge is 0.258 e. The number of hydrogen-bond donors (Lipinski definition) is 0. The zero-order valence-corrected chi connectivity index (χ0v) is 15.9. The standard InChI is InChI=1S/C18H19NO4S2/c1-4-23-18-14(10-16(24-18)25(21,22)5-2)15-11-19(3)17(20)13-9-7-6-8-12(13)15/h6-11H,4-5H2,1-3H3. The highest BCUT2D eigenvalue weighted by atomic mass is 32.2. The number of fused-ring (bicyclic) bond motifs is 1. The SMILES string of the molecule is CCOc1sc(S(=O)(=O)CC)cc1-c1cn(C)c(=O)c2ccccc12. The Balaban J connectivity index is 2.35. The van der Waals surface area contributed by atoms with Gasteiger partial charge in [0.1, 0.15) is 4.21 Å². The molecule has 0 N–H and O–H groups in total. The lowest BCUT2D eigenvalue weighted by Gasteiger charge is -2.10. The summed E-state index contributed by atoms with van der Waals surface area (Å²) in [4.78, 5) is 12.4. The van der Waals surface area contributed by atoms with E-state index in [1.54, 1.807) is 32.3 Å². The lowest BCUT2D eigenvalue weighted by Crippen LogP contribution is -2.16. The lowest BCUT2D eigenvalue weighted by molar-refractivity contribution is 0.351. The van der Waals surface area contributed by atoms with E-state index in [0.717, 1.165) is 22.3 Å². The zero-order valence-electron chi connectivity index (χ0n) is 14.3. The lowest BCUT2D eigenvalue weighted by atomic mass is 10.0. The predicted octanol–water partition coefficient (Wildman–Crippen LogP) is 3.46. The summed E-state index contributed by atoms with van der Waals surface area (Å²) < 4.78 is 32.1. The van der Waals surface area contributed by atoms with Crippen LogP contribution in [-0.2, 0) is 16.9 Å². The molecule has 3 rings (SSSR count). The van der Waals surface area contributed by atoms with Gasteiger partial charge in [-0.05, 0) is 24.4 Å². The second-order valence-corrected chi connectivity index (χ2v) is 9.13. The summed E-state index contributed by atoms with van der Waals surface area (Å²) in [6, 6.07) is 8.98. The van der Waals surface area contributed by atoms with Crippen molar-refractivity contribution in [3.8, 4) is 16.2 Å². The molecule has 0 amide bonds. The Labute approximate surface area is 150 Å². The Bertz CT molecular complexity index is 1090. The van der Waals surface area contributed by atoms with Gasteiger partial charge in [0, 0.05) is 29.8 Å². The van der Waals surface area contributed by atoms with Gasteiger partial charge in [0.05, 0.1) is 12.4 Å². The third kappa shape index (κ3) is 3.09. The molecule has 0 aliphatic heterocycles. The highest BCUT2D eigenvalue weighted by Gasteiger charge is 2.22. The van der Waals surface area contributed by atoms with Crippen molar-refractivity contribution >= 4 is 31.9 Å². The van der Waals surface area contributed by atoms with E-state index in [1.165, 1.54) is 4.57 Å². The van der Waals surface area contributed by atoms with Crippen LogP contribution in [0.5, 0.6) is 5.06 Å². The van der Waals surface area contributed by atoms with Gasteiger partial charge in [-0.3, -0.25) is 4.79 Å². The Morgan fingerprint density at radius 3 is 2.44 bits per heavy atom. The van der Waals surface area contributed by atoms with Crippen LogP contribution in [-0.4, -0.2) is 25.3 Å². The summed E-state index contributed by atoms with van der Waals surface area (Å²) in [7, 11) is -1.64. The molecule has 0 fully saturated rings. The fourth-order valence-corrected chi connectivity index (χ4v) is 5.19. The fourth-order valence-electron chi connectivity index (χ4n) is 2.71. The van der Waals surface area contributed by atoms with Crippen LogP contribution in [0.15, 0.2) is 45.5 Å². The average Bonchev–Trinajstić information content (AvgIpc) is 3.03. The molecule has 0 bridgehead atoms. The quantitative estimate of drug-likeness (QED) is 0.683. The Hall–Kier alpha value is -2.12. The average molecular weight is 377 g/mol. The van der Waals surface area contributed by atoms with E-state index in [0.29, 0.717) is 22.6 Å². The van der Waals surface area contributed by atoms with E-state index in [2.05, 4.69) is 0 Å². The van der Waals surface area contributed by atoms with Crippen LogP contribution in [0.2, 0.25) is 0 Å². The molecule has 7 heteroatoms. The van der Waals surface area contributed by atoms with Crippen LogP contribution < -0.4 is 10.3 Å². The molecule has 3 aromatic rings. The van der Waals surface area contributed by atoms with Crippen molar-refractivity contribution in [3.05, 3.63) is 46.9 Å². The summed E-state index contributed by atoms with van der Waals surface area (Å²) in [5, 5.41) is 1.93. The highest BCUT2D eigenvalue weighted by molar-refractivity contribution is 7.93. The van der Waals surface area contributed by atoms with Crippen molar-refractivity contribution in [1.82, 2.24) is 4.57 Å². The largest absolute Gasteiger partial charge is 0.484 e. The number of ether oxygens (including phenoxy) is 1. The highest BCUT2D eigenvalue weighted by Crippen LogP contribution is 2.42. The van der Waals surface area contributed by atoms with Gasteiger partial charge in [-0.25, -0.2) is 8.42 Å². The molecule has 0 atom stereocenters. The van der Waals surface area contributed by atoms with Gasteiger partial charge < -0.3 is 9.30 Å². The van der Waals surface area contributed by atoms with Gasteiger partial charge in [0.15, 0.2) is 14.9 Å². The van der Waals surface area contributed by atoms with E-state index < -0.39 is 9.84 Å². The minimum absolute atomic E-state index is 0.0343. The van der Waals surface area contributed by atoms with Crippen LogP contribution in [0, 0.1) is 0 Å². The zero-order chi connectivity index (χ0) is 18.2. The van der Waals surface area contributed by atoms with Crippen molar-refractivity contribution in [2.45, 2.75) is 18.1 Å². The number of hydrogen-bond acceptors (Lipinski definition) is 5. The van der Waals surface area contributed by atoms with E-state index in [4.69, 9.17) is 4.74 Å². The van der Waals surface area contributed by atoms with E-state index >= 15 is 0 Å². The van der Waals surface area contributed by atoms with Crippen molar-refractivity contribution in [1.29, 1.82) is 0 Å². The number of pyridine rings is 1. The summed E-state index contributed by atoms with van der Waals surface area (Å²) >= 11 is 1.13. The van der Waals surface area contributed by atoms with E-state index in [1.807, 2.05) is 25.1 Å². The van der Waals surface area contributed by atoms with Crippen molar-refractivity contribution in [2.24, 2.45) is 7.05 Å². The maximum Gasteiger partial charge on any atom is 0.258 e. The number of aromatic nitrogens is 1.